The first-order valence-electron chi connectivity index (χ1n) is 7.43. The molecule has 2 aromatic carbocycles. The van der Waals surface area contributed by atoms with Gasteiger partial charge in [0.05, 0.1) is 6.20 Å². The second-order valence-corrected chi connectivity index (χ2v) is 5.20. The van der Waals surface area contributed by atoms with Crippen LogP contribution in [0.25, 0.3) is 11.1 Å². The van der Waals surface area contributed by atoms with Crippen molar-refractivity contribution in [3.05, 3.63) is 84.2 Å². The lowest BCUT2D eigenvalue weighted by atomic mass is 10.0. The van der Waals surface area contributed by atoms with E-state index in [0.717, 1.165) is 22.4 Å². The summed E-state index contributed by atoms with van der Waals surface area (Å²) in [7, 11) is 0. The van der Waals surface area contributed by atoms with Gasteiger partial charge in [0.15, 0.2) is 0 Å². The minimum Gasteiger partial charge on any atom is -0.487 e. The van der Waals surface area contributed by atoms with Crippen molar-refractivity contribution in [1.29, 1.82) is 0 Å². The Kier molecular flexibility index (Phi) is 4.84. The monoisotopic (exact) mass is 320 g/mol. The zero-order valence-corrected chi connectivity index (χ0v) is 12.8. The molecule has 1 aromatic heterocycles. The van der Waals surface area contributed by atoms with Gasteiger partial charge >= 0.3 is 0 Å². The second-order valence-electron chi connectivity index (χ2n) is 5.20. The van der Waals surface area contributed by atoms with Gasteiger partial charge in [-0.05, 0) is 47.0 Å². The maximum absolute atomic E-state index is 11.4. The van der Waals surface area contributed by atoms with Gasteiger partial charge in [0, 0.05) is 11.8 Å². The summed E-state index contributed by atoms with van der Waals surface area (Å²) in [5, 5.41) is 8.65. The summed E-state index contributed by atoms with van der Waals surface area (Å²) in [6.07, 6.45) is 3.38. The fourth-order valence-electron chi connectivity index (χ4n) is 2.32. The summed E-state index contributed by atoms with van der Waals surface area (Å²) < 4.78 is 5.70. The Balaban J connectivity index is 1.74. The lowest BCUT2D eigenvalue weighted by molar-refractivity contribution is 0.0706. The lowest BCUT2D eigenvalue weighted by Crippen LogP contribution is -2.18. The van der Waals surface area contributed by atoms with Crippen molar-refractivity contribution in [3.63, 3.8) is 0 Å². The third-order valence-electron chi connectivity index (χ3n) is 3.55. The largest absolute Gasteiger partial charge is 0.487 e. The average molecular weight is 320 g/mol. The molecule has 0 spiro atoms. The van der Waals surface area contributed by atoms with Crippen LogP contribution in [0.2, 0.25) is 0 Å². The zero-order chi connectivity index (χ0) is 16.8. The molecule has 0 aliphatic carbocycles. The van der Waals surface area contributed by atoms with Crippen LogP contribution in [0.3, 0.4) is 0 Å². The van der Waals surface area contributed by atoms with Gasteiger partial charge in [-0.1, -0.05) is 30.3 Å². The van der Waals surface area contributed by atoms with E-state index in [2.05, 4.69) is 4.98 Å². The van der Waals surface area contributed by atoms with E-state index < -0.39 is 5.91 Å². The summed E-state index contributed by atoms with van der Waals surface area (Å²) in [5.74, 6) is 0.197. The summed E-state index contributed by atoms with van der Waals surface area (Å²) in [4.78, 5) is 15.4. The van der Waals surface area contributed by atoms with Crippen LogP contribution >= 0.6 is 0 Å². The van der Waals surface area contributed by atoms with Crippen LogP contribution in [0, 0.1) is 0 Å². The minimum absolute atomic E-state index is 0.400. The SMILES string of the molecule is O=C(NO)c1ccc(-c2cccc(COc3cccnc3)c2)cc1. The number of benzene rings is 2. The maximum Gasteiger partial charge on any atom is 0.274 e. The normalized spacial score (nSPS) is 10.2. The van der Waals surface area contributed by atoms with E-state index in [9.17, 15) is 4.79 Å². The van der Waals surface area contributed by atoms with Crippen molar-refractivity contribution < 1.29 is 14.7 Å². The van der Waals surface area contributed by atoms with Crippen molar-refractivity contribution in [2.45, 2.75) is 6.61 Å². The number of pyridine rings is 1. The molecule has 0 aliphatic heterocycles. The predicted octanol–water partition coefficient (Wildman–Crippen LogP) is 3.45. The molecular weight excluding hydrogens is 304 g/mol. The Morgan fingerprint density at radius 1 is 1.04 bits per heavy atom. The molecule has 2 N–H and O–H groups in total. The molecule has 0 saturated heterocycles. The Bertz CT molecular complexity index is 818. The highest BCUT2D eigenvalue weighted by Gasteiger charge is 2.05. The molecule has 120 valence electrons. The summed E-state index contributed by atoms with van der Waals surface area (Å²) in [5.41, 5.74) is 5.06. The number of ether oxygens (including phenoxy) is 1. The first-order chi connectivity index (χ1) is 11.8. The van der Waals surface area contributed by atoms with E-state index in [1.807, 2.05) is 48.5 Å². The topological polar surface area (TPSA) is 71.5 Å². The van der Waals surface area contributed by atoms with E-state index in [4.69, 9.17) is 9.94 Å². The highest BCUT2D eigenvalue weighted by atomic mass is 16.5. The van der Waals surface area contributed by atoms with Gasteiger partial charge in [-0.3, -0.25) is 15.0 Å². The molecule has 3 aromatic rings. The molecule has 3 rings (SSSR count). The molecule has 0 saturated carbocycles. The summed E-state index contributed by atoms with van der Waals surface area (Å²) in [6.45, 7) is 0.449. The van der Waals surface area contributed by atoms with Crippen molar-refractivity contribution in [1.82, 2.24) is 10.5 Å². The molecule has 0 radical (unpaired) electrons. The van der Waals surface area contributed by atoms with Crippen LogP contribution in [0.15, 0.2) is 73.1 Å². The number of hydroxylamine groups is 1. The number of carbonyl (C=O) groups is 1. The number of rotatable bonds is 5. The van der Waals surface area contributed by atoms with E-state index in [0.29, 0.717) is 12.2 Å². The van der Waals surface area contributed by atoms with Crippen LogP contribution in [-0.2, 0) is 6.61 Å². The summed E-state index contributed by atoms with van der Waals surface area (Å²) in [6, 6.07) is 18.7. The number of nitrogens with zero attached hydrogens (tertiary/aromatic N) is 1. The first-order valence-corrected chi connectivity index (χ1v) is 7.43. The smallest absolute Gasteiger partial charge is 0.274 e. The van der Waals surface area contributed by atoms with Gasteiger partial charge in [-0.25, -0.2) is 5.48 Å². The zero-order valence-electron chi connectivity index (χ0n) is 12.8. The standard InChI is InChI=1S/C19H16N2O3/c22-19(21-23)16-8-6-15(7-9-16)17-4-1-3-14(11-17)13-24-18-5-2-10-20-12-18/h1-12,23H,13H2,(H,21,22). The first kappa shape index (κ1) is 15.7. The predicted molar refractivity (Wildman–Crippen MR) is 89.7 cm³/mol. The maximum atomic E-state index is 11.4. The minimum atomic E-state index is -0.528. The molecular formula is C19H16N2O3. The van der Waals surface area contributed by atoms with Crippen LogP contribution < -0.4 is 10.2 Å². The molecule has 5 heteroatoms. The molecule has 0 atom stereocenters. The van der Waals surface area contributed by atoms with Crippen molar-refractivity contribution in [2.75, 3.05) is 0 Å². The molecule has 5 nitrogen and oxygen atoms in total. The molecule has 1 amide bonds. The molecule has 0 aliphatic rings. The number of carbonyl (C=O) groups excluding carboxylic acids is 1. The Labute approximate surface area is 139 Å². The Hall–Kier alpha value is -3.18. The van der Waals surface area contributed by atoms with Gasteiger partial charge in [-0.2, -0.15) is 0 Å². The van der Waals surface area contributed by atoms with Gasteiger partial charge in [0.2, 0.25) is 0 Å². The van der Waals surface area contributed by atoms with Crippen molar-refractivity contribution >= 4 is 5.91 Å². The van der Waals surface area contributed by atoms with E-state index in [-0.39, 0.29) is 0 Å². The number of aromatic nitrogens is 1. The van der Waals surface area contributed by atoms with Crippen LogP contribution in [0.1, 0.15) is 15.9 Å². The highest BCUT2D eigenvalue weighted by molar-refractivity contribution is 5.93. The fourth-order valence-corrected chi connectivity index (χ4v) is 2.32. The Morgan fingerprint density at radius 2 is 1.88 bits per heavy atom. The second kappa shape index (κ2) is 7.39. The molecule has 24 heavy (non-hydrogen) atoms. The van der Waals surface area contributed by atoms with Crippen LogP contribution in [-0.4, -0.2) is 16.1 Å². The third-order valence-corrected chi connectivity index (χ3v) is 3.55. The molecule has 0 fully saturated rings. The molecule has 0 bridgehead atoms. The van der Waals surface area contributed by atoms with Gasteiger partial charge < -0.3 is 4.74 Å². The fraction of sp³-hybridized carbons (Fsp3) is 0.0526. The molecule has 0 unspecified atom stereocenters. The molecule has 1 heterocycles. The number of nitrogens with one attached hydrogen (secondary N) is 1. The third kappa shape index (κ3) is 3.77. The Morgan fingerprint density at radius 3 is 2.58 bits per heavy atom. The number of amides is 1. The van der Waals surface area contributed by atoms with E-state index in [1.54, 1.807) is 30.0 Å². The lowest BCUT2D eigenvalue weighted by Gasteiger charge is -2.08. The van der Waals surface area contributed by atoms with Crippen molar-refractivity contribution in [3.8, 4) is 16.9 Å². The van der Waals surface area contributed by atoms with Crippen LogP contribution in [0.4, 0.5) is 0 Å². The van der Waals surface area contributed by atoms with E-state index >= 15 is 0 Å². The average Bonchev–Trinajstić information content (AvgIpc) is 2.67. The van der Waals surface area contributed by atoms with E-state index in [1.165, 1.54) is 0 Å². The number of hydrogen-bond donors (Lipinski definition) is 2. The van der Waals surface area contributed by atoms with Gasteiger partial charge in [-0.15, -0.1) is 0 Å². The number of hydrogen-bond acceptors (Lipinski definition) is 4. The van der Waals surface area contributed by atoms with Gasteiger partial charge in [0.1, 0.15) is 12.4 Å². The van der Waals surface area contributed by atoms with Gasteiger partial charge in [0.25, 0.3) is 5.91 Å². The quantitative estimate of drug-likeness (QED) is 0.558. The highest BCUT2D eigenvalue weighted by Crippen LogP contribution is 2.22. The summed E-state index contributed by atoms with van der Waals surface area (Å²) >= 11 is 0. The van der Waals surface area contributed by atoms with Crippen molar-refractivity contribution in [2.24, 2.45) is 0 Å². The van der Waals surface area contributed by atoms with Crippen LogP contribution in [0.5, 0.6) is 5.75 Å².